The second-order valence-corrected chi connectivity index (χ2v) is 13.2. The first-order valence-corrected chi connectivity index (χ1v) is 17.7. The smallest absolute Gasteiger partial charge is 0.250 e. The van der Waals surface area contributed by atoms with Crippen molar-refractivity contribution in [2.45, 2.75) is 16.9 Å². The molecule has 7 aromatic rings. The van der Waals surface area contributed by atoms with Crippen molar-refractivity contribution in [1.82, 2.24) is 24.3 Å². The Labute approximate surface area is 294 Å². The van der Waals surface area contributed by atoms with Crippen molar-refractivity contribution in [3.8, 4) is 28.2 Å². The molecule has 0 bridgehead atoms. The number of hydrogen-bond acceptors (Lipinski definition) is 5. The van der Waals surface area contributed by atoms with Gasteiger partial charge in [0.15, 0.2) is 0 Å². The summed E-state index contributed by atoms with van der Waals surface area (Å²) in [6.45, 7) is 0. The second-order valence-electron chi connectivity index (χ2n) is 12.3. The van der Waals surface area contributed by atoms with E-state index in [1.54, 1.807) is 30.2 Å². The zero-order valence-electron chi connectivity index (χ0n) is 27.4. The summed E-state index contributed by atoms with van der Waals surface area (Å²) in [7, 11) is 0. The van der Waals surface area contributed by atoms with Gasteiger partial charge >= 0.3 is 0 Å². The lowest BCUT2D eigenvalue weighted by Crippen LogP contribution is -2.43. The molecular formula is C42H34N6OS. The first-order chi connectivity index (χ1) is 24.6. The number of nitrogens with zero attached hydrogens (tertiary/aromatic N) is 5. The zero-order chi connectivity index (χ0) is 34.1. The Morgan fingerprint density at radius 1 is 0.840 bits per heavy atom. The second kappa shape index (κ2) is 13.1. The molecule has 3 aromatic heterocycles. The maximum atomic E-state index is 11.6. The van der Waals surface area contributed by atoms with Crippen LogP contribution in [0.1, 0.15) is 27.9 Å². The molecule has 8 heteroatoms. The van der Waals surface area contributed by atoms with Crippen LogP contribution in [0.4, 0.5) is 0 Å². The predicted octanol–water partition coefficient (Wildman–Crippen LogP) is 8.70. The summed E-state index contributed by atoms with van der Waals surface area (Å²) < 4.78 is 4.11. The van der Waals surface area contributed by atoms with E-state index in [1.807, 2.05) is 4.57 Å². The lowest BCUT2D eigenvalue weighted by molar-refractivity contribution is 0.1000. The van der Waals surface area contributed by atoms with E-state index in [-0.39, 0.29) is 5.92 Å². The Balaban J connectivity index is 1.34. The number of primary amides is 1. The number of carbonyl (C=O) groups is 1. The van der Waals surface area contributed by atoms with E-state index in [1.165, 1.54) is 22.2 Å². The van der Waals surface area contributed by atoms with Gasteiger partial charge in [-0.25, -0.2) is 9.97 Å². The van der Waals surface area contributed by atoms with Crippen LogP contribution in [0.2, 0.25) is 0 Å². The van der Waals surface area contributed by atoms with E-state index >= 15 is 0 Å². The van der Waals surface area contributed by atoms with Crippen molar-refractivity contribution in [1.29, 1.82) is 0 Å². The fraction of sp³-hybridized carbons (Fsp3) is 0.0952. The monoisotopic (exact) mass is 670 g/mol. The molecule has 4 aromatic carbocycles. The lowest BCUT2D eigenvalue weighted by Gasteiger charge is -2.41. The van der Waals surface area contributed by atoms with Gasteiger partial charge in [-0.05, 0) is 65.8 Å². The maximum absolute atomic E-state index is 11.6. The van der Waals surface area contributed by atoms with Gasteiger partial charge in [0.05, 0.1) is 16.6 Å². The fourth-order valence-corrected chi connectivity index (χ4v) is 7.48. The summed E-state index contributed by atoms with van der Waals surface area (Å²) in [6.07, 6.45) is 17.3. The standard InChI is InChI=1S/C42H34N6OS/c1-50-35-21-17-29(18-22-35)40-36(30-19-23-38-37(25-30)45-28-47(38)39-24-20-31(26-44-39)41(43)49)27-48(46-40)42(32-11-5-2-6-12-32,33-13-7-3-8-14-33)34-15-9-4-10-16-34/h2-15,17-28,34H,16H2,1H3,(H2,43,49). The number of rotatable bonds is 9. The minimum Gasteiger partial charge on any atom is -0.366 e. The van der Waals surface area contributed by atoms with Crippen molar-refractivity contribution in [3.05, 3.63) is 175 Å². The van der Waals surface area contributed by atoms with Crippen LogP contribution in [0, 0.1) is 5.92 Å². The molecule has 1 aliphatic carbocycles. The van der Waals surface area contributed by atoms with Crippen LogP contribution in [0.15, 0.2) is 163 Å². The molecule has 0 radical (unpaired) electrons. The highest BCUT2D eigenvalue weighted by Crippen LogP contribution is 2.46. The van der Waals surface area contributed by atoms with Crippen LogP contribution < -0.4 is 5.73 Å². The van der Waals surface area contributed by atoms with E-state index in [2.05, 4.69) is 150 Å². The number of nitrogens with two attached hydrogens (primary N) is 1. The molecule has 1 amide bonds. The van der Waals surface area contributed by atoms with Crippen molar-refractivity contribution in [2.24, 2.45) is 11.7 Å². The molecule has 0 saturated heterocycles. The molecule has 0 aliphatic heterocycles. The normalized spacial score (nSPS) is 14.3. The molecule has 244 valence electrons. The third-order valence-corrected chi connectivity index (χ3v) is 10.3. The molecular weight excluding hydrogens is 637 g/mol. The average molecular weight is 671 g/mol. The quantitative estimate of drug-likeness (QED) is 0.155. The van der Waals surface area contributed by atoms with Gasteiger partial charge < -0.3 is 5.73 Å². The number of imidazole rings is 1. The largest absolute Gasteiger partial charge is 0.366 e. The van der Waals surface area contributed by atoms with Crippen LogP contribution in [-0.2, 0) is 5.54 Å². The van der Waals surface area contributed by atoms with Crippen LogP contribution in [0.25, 0.3) is 39.2 Å². The molecule has 50 heavy (non-hydrogen) atoms. The summed E-state index contributed by atoms with van der Waals surface area (Å²) in [5.74, 6) is 0.240. The molecule has 7 nitrogen and oxygen atoms in total. The number of carbonyl (C=O) groups excluding carboxylic acids is 1. The summed E-state index contributed by atoms with van der Waals surface area (Å²) >= 11 is 1.72. The molecule has 8 rings (SSSR count). The highest BCUT2D eigenvalue weighted by Gasteiger charge is 2.44. The third kappa shape index (κ3) is 5.44. The molecule has 0 fully saturated rings. The minimum absolute atomic E-state index is 0.100. The summed E-state index contributed by atoms with van der Waals surface area (Å²) in [5, 5.41) is 5.55. The zero-order valence-corrected chi connectivity index (χ0v) is 28.2. The van der Waals surface area contributed by atoms with Gasteiger partial charge in [-0.3, -0.25) is 14.0 Å². The Morgan fingerprint density at radius 3 is 2.18 bits per heavy atom. The highest BCUT2D eigenvalue weighted by molar-refractivity contribution is 7.98. The van der Waals surface area contributed by atoms with E-state index in [4.69, 9.17) is 15.8 Å². The van der Waals surface area contributed by atoms with E-state index in [9.17, 15) is 4.79 Å². The molecule has 1 aliphatic rings. The van der Waals surface area contributed by atoms with Gasteiger partial charge in [-0.1, -0.05) is 103 Å². The highest BCUT2D eigenvalue weighted by atomic mass is 32.2. The van der Waals surface area contributed by atoms with Gasteiger partial charge in [0, 0.05) is 34.3 Å². The third-order valence-electron chi connectivity index (χ3n) is 9.52. The van der Waals surface area contributed by atoms with E-state index in [0.717, 1.165) is 39.8 Å². The SMILES string of the molecule is CSc1ccc(-c2nn(C(c3ccccc3)(c3ccccc3)C3C=CC=CC3)cc2-c2ccc3c(c2)ncn3-c2ccc(C(N)=O)cn2)cc1. The topological polar surface area (TPSA) is 91.6 Å². The molecule has 0 spiro atoms. The Morgan fingerprint density at radius 2 is 1.56 bits per heavy atom. The first kappa shape index (κ1) is 31.3. The number of fused-ring (bicyclic) bond motifs is 1. The number of hydrogen-bond donors (Lipinski definition) is 1. The number of pyridine rings is 1. The van der Waals surface area contributed by atoms with Crippen LogP contribution in [0.5, 0.6) is 0 Å². The first-order valence-electron chi connectivity index (χ1n) is 16.5. The Bertz CT molecular complexity index is 2320. The van der Waals surface area contributed by atoms with E-state index in [0.29, 0.717) is 11.4 Å². The van der Waals surface area contributed by atoms with Crippen molar-refractivity contribution in [3.63, 3.8) is 0 Å². The minimum atomic E-state index is -0.635. The average Bonchev–Trinajstić information content (AvgIpc) is 3.82. The van der Waals surface area contributed by atoms with Crippen molar-refractivity contribution >= 4 is 28.7 Å². The predicted molar refractivity (Wildman–Crippen MR) is 201 cm³/mol. The Kier molecular flexibility index (Phi) is 8.22. The van der Waals surface area contributed by atoms with Crippen molar-refractivity contribution in [2.75, 3.05) is 6.26 Å². The number of benzene rings is 4. The molecule has 0 saturated carbocycles. The van der Waals surface area contributed by atoms with Crippen LogP contribution in [-0.4, -0.2) is 36.5 Å². The Hall–Kier alpha value is -5.99. The number of allylic oxidation sites excluding steroid dienone is 4. The molecule has 3 heterocycles. The number of thioether (sulfide) groups is 1. The van der Waals surface area contributed by atoms with Crippen molar-refractivity contribution < 1.29 is 4.79 Å². The molecule has 1 unspecified atom stereocenters. The number of aromatic nitrogens is 5. The summed E-state index contributed by atoms with van der Waals surface area (Å²) in [5.41, 5.74) is 13.2. The van der Waals surface area contributed by atoms with Crippen LogP contribution >= 0.6 is 11.8 Å². The van der Waals surface area contributed by atoms with Crippen LogP contribution in [0.3, 0.4) is 0 Å². The lowest BCUT2D eigenvalue weighted by atomic mass is 9.70. The molecule has 1 atom stereocenters. The maximum Gasteiger partial charge on any atom is 0.250 e. The number of amides is 1. The van der Waals surface area contributed by atoms with Gasteiger partial charge in [0.2, 0.25) is 5.91 Å². The van der Waals surface area contributed by atoms with Gasteiger partial charge in [-0.2, -0.15) is 5.10 Å². The fourth-order valence-electron chi connectivity index (χ4n) is 7.07. The van der Waals surface area contributed by atoms with Gasteiger partial charge in [0.25, 0.3) is 0 Å². The van der Waals surface area contributed by atoms with Gasteiger partial charge in [-0.15, -0.1) is 11.8 Å². The van der Waals surface area contributed by atoms with Gasteiger partial charge in [0.1, 0.15) is 23.4 Å². The van der Waals surface area contributed by atoms with E-state index < -0.39 is 11.4 Å². The summed E-state index contributed by atoms with van der Waals surface area (Å²) in [4.78, 5) is 22.0. The molecule has 2 N–H and O–H groups in total. The summed E-state index contributed by atoms with van der Waals surface area (Å²) in [6, 6.07) is 39.8.